The second kappa shape index (κ2) is 7.78. The van der Waals surface area contributed by atoms with Gasteiger partial charge >= 0.3 is 0 Å². The van der Waals surface area contributed by atoms with Gasteiger partial charge in [-0.3, -0.25) is 9.67 Å². The molecule has 0 N–H and O–H groups in total. The zero-order valence-corrected chi connectivity index (χ0v) is 16.1. The lowest BCUT2D eigenvalue weighted by atomic mass is 10.1. The summed E-state index contributed by atoms with van der Waals surface area (Å²) < 4.78 is 3.57. The Morgan fingerprint density at radius 2 is 2.03 bits per heavy atom. The van der Waals surface area contributed by atoms with Gasteiger partial charge in [-0.15, -0.1) is 10.2 Å². The maximum Gasteiger partial charge on any atom is 0.177 e. The summed E-state index contributed by atoms with van der Waals surface area (Å²) in [6.45, 7) is 0.928. The fraction of sp³-hybridized carbons (Fsp3) is 0.190. The molecule has 4 heterocycles. The fourth-order valence-corrected chi connectivity index (χ4v) is 3.43. The van der Waals surface area contributed by atoms with Gasteiger partial charge in [-0.05, 0) is 42.3 Å². The zero-order valence-electron chi connectivity index (χ0n) is 16.1. The van der Waals surface area contributed by atoms with Gasteiger partial charge in [0.15, 0.2) is 11.5 Å². The zero-order chi connectivity index (χ0) is 20.3. The van der Waals surface area contributed by atoms with Crippen molar-refractivity contribution in [1.29, 1.82) is 0 Å². The van der Waals surface area contributed by atoms with Crippen molar-refractivity contribution in [2.45, 2.75) is 19.4 Å². The molecule has 148 valence electrons. The summed E-state index contributed by atoms with van der Waals surface area (Å²) >= 11 is 0. The number of aryl methyl sites for hydroxylation is 1. The van der Waals surface area contributed by atoms with Crippen LogP contribution in [-0.4, -0.2) is 41.1 Å². The summed E-state index contributed by atoms with van der Waals surface area (Å²) in [4.78, 5) is 14.6. The van der Waals surface area contributed by atoms with Crippen LogP contribution in [0.1, 0.15) is 17.8 Å². The topological polar surface area (TPSA) is 103 Å². The van der Waals surface area contributed by atoms with Crippen molar-refractivity contribution in [2.24, 2.45) is 5.18 Å². The van der Waals surface area contributed by atoms with Crippen LogP contribution in [0.5, 0.6) is 0 Å². The summed E-state index contributed by atoms with van der Waals surface area (Å²) in [6.07, 6.45) is 6.75. The van der Waals surface area contributed by atoms with E-state index in [1.165, 1.54) is 0 Å². The molecule has 0 spiro atoms. The van der Waals surface area contributed by atoms with Crippen LogP contribution in [0.2, 0.25) is 0 Å². The van der Waals surface area contributed by atoms with Gasteiger partial charge in [-0.25, -0.2) is 0 Å². The molecule has 4 aromatic heterocycles. The lowest BCUT2D eigenvalue weighted by Gasteiger charge is -2.03. The van der Waals surface area contributed by atoms with Gasteiger partial charge in [0.05, 0.1) is 24.0 Å². The second-order valence-corrected chi connectivity index (χ2v) is 7.01. The van der Waals surface area contributed by atoms with E-state index in [1.807, 2.05) is 36.5 Å². The summed E-state index contributed by atoms with van der Waals surface area (Å²) in [5.74, 6) is 0.763. The van der Waals surface area contributed by atoms with E-state index in [0.717, 1.165) is 33.5 Å². The van der Waals surface area contributed by atoms with Crippen molar-refractivity contribution in [3.05, 3.63) is 77.4 Å². The highest BCUT2D eigenvalue weighted by Crippen LogP contribution is 2.19. The monoisotopic (exact) mass is 398 g/mol. The predicted molar refractivity (Wildman–Crippen MR) is 112 cm³/mol. The van der Waals surface area contributed by atoms with Crippen LogP contribution in [0.25, 0.3) is 27.8 Å². The van der Waals surface area contributed by atoms with Gasteiger partial charge in [0, 0.05) is 36.3 Å². The van der Waals surface area contributed by atoms with E-state index in [-0.39, 0.29) is 6.54 Å². The molecule has 0 radical (unpaired) electrons. The van der Waals surface area contributed by atoms with Crippen molar-refractivity contribution >= 4 is 16.6 Å². The fourth-order valence-electron chi connectivity index (χ4n) is 3.43. The van der Waals surface area contributed by atoms with Crippen molar-refractivity contribution in [2.75, 3.05) is 6.54 Å². The summed E-state index contributed by atoms with van der Waals surface area (Å²) in [5.41, 5.74) is 4.46. The molecule has 0 fully saturated rings. The Morgan fingerprint density at radius 1 is 1.07 bits per heavy atom. The number of rotatable bonds is 7. The minimum absolute atomic E-state index is 0.286. The Hall–Kier alpha value is -4.01. The van der Waals surface area contributed by atoms with E-state index in [4.69, 9.17) is 5.10 Å². The van der Waals surface area contributed by atoms with Crippen LogP contribution in [0.4, 0.5) is 0 Å². The molecule has 0 bridgehead atoms. The minimum Gasteiger partial charge on any atom is -0.272 e. The van der Waals surface area contributed by atoms with Gasteiger partial charge < -0.3 is 0 Å². The van der Waals surface area contributed by atoms with E-state index in [1.54, 1.807) is 21.6 Å². The van der Waals surface area contributed by atoms with Gasteiger partial charge in [-0.2, -0.15) is 19.6 Å². The average Bonchev–Trinajstić information content (AvgIpc) is 3.41. The molecule has 9 nitrogen and oxygen atoms in total. The SMILES string of the molecule is O=NCCCn1cc(-c2ccc3nnc(Cc4ccc5ncccc5c4)n3n2)cn1. The van der Waals surface area contributed by atoms with Crippen LogP contribution >= 0.6 is 0 Å². The highest BCUT2D eigenvalue weighted by molar-refractivity contribution is 5.79. The Balaban J connectivity index is 1.43. The van der Waals surface area contributed by atoms with Gasteiger partial charge in [0.1, 0.15) is 0 Å². The third kappa shape index (κ3) is 3.52. The quantitative estimate of drug-likeness (QED) is 0.308. The lowest BCUT2D eigenvalue weighted by molar-refractivity contribution is 0.585. The first-order valence-corrected chi connectivity index (χ1v) is 9.67. The first kappa shape index (κ1) is 18.0. The standard InChI is InChI=1S/C21H18N8O/c30-24-9-2-10-28-14-17(13-23-28)19-6-7-20-25-26-21(29(20)27-19)12-15-4-5-18-16(11-15)3-1-8-22-18/h1,3-8,11,13-14H,2,9-10,12H2. The largest absolute Gasteiger partial charge is 0.272 e. The molecule has 30 heavy (non-hydrogen) atoms. The van der Waals surface area contributed by atoms with Crippen molar-refractivity contribution in [1.82, 2.24) is 34.6 Å². The lowest BCUT2D eigenvalue weighted by Crippen LogP contribution is -2.01. The normalized spacial score (nSPS) is 11.3. The van der Waals surface area contributed by atoms with Gasteiger partial charge in [0.2, 0.25) is 0 Å². The molecule has 0 unspecified atom stereocenters. The molecule has 0 aliphatic heterocycles. The molecule has 0 saturated heterocycles. The molecule has 5 aromatic rings. The average molecular weight is 398 g/mol. The smallest absolute Gasteiger partial charge is 0.177 e. The number of hydrogen-bond acceptors (Lipinski definition) is 7. The van der Waals surface area contributed by atoms with E-state index in [0.29, 0.717) is 25.0 Å². The summed E-state index contributed by atoms with van der Waals surface area (Å²) in [5, 5.41) is 21.6. The summed E-state index contributed by atoms with van der Waals surface area (Å²) in [6, 6.07) is 14.0. The van der Waals surface area contributed by atoms with E-state index in [2.05, 4.69) is 37.6 Å². The first-order valence-electron chi connectivity index (χ1n) is 9.67. The number of hydrogen-bond donors (Lipinski definition) is 0. The van der Waals surface area contributed by atoms with E-state index < -0.39 is 0 Å². The summed E-state index contributed by atoms with van der Waals surface area (Å²) in [7, 11) is 0. The molecule has 0 aliphatic carbocycles. The Bertz CT molecular complexity index is 1340. The number of pyridine rings is 1. The highest BCUT2D eigenvalue weighted by Gasteiger charge is 2.11. The second-order valence-electron chi connectivity index (χ2n) is 7.01. The maximum absolute atomic E-state index is 10.2. The molecule has 1 aromatic carbocycles. The van der Waals surface area contributed by atoms with Crippen LogP contribution in [-0.2, 0) is 13.0 Å². The predicted octanol–water partition coefficient (Wildman–Crippen LogP) is 3.28. The van der Waals surface area contributed by atoms with Crippen molar-refractivity contribution in [3.63, 3.8) is 0 Å². The van der Waals surface area contributed by atoms with Crippen molar-refractivity contribution < 1.29 is 0 Å². The third-order valence-electron chi connectivity index (χ3n) is 4.92. The Kier molecular flexibility index (Phi) is 4.68. The van der Waals surface area contributed by atoms with Crippen LogP contribution in [0.15, 0.2) is 66.2 Å². The van der Waals surface area contributed by atoms with Crippen LogP contribution in [0, 0.1) is 4.91 Å². The minimum atomic E-state index is 0.286. The number of nitroso groups, excluding NO2 is 1. The number of aromatic nitrogens is 7. The maximum atomic E-state index is 10.2. The number of fused-ring (bicyclic) bond motifs is 2. The molecule has 0 aliphatic rings. The Morgan fingerprint density at radius 3 is 2.97 bits per heavy atom. The van der Waals surface area contributed by atoms with E-state index >= 15 is 0 Å². The van der Waals surface area contributed by atoms with Crippen molar-refractivity contribution in [3.8, 4) is 11.3 Å². The third-order valence-corrected chi connectivity index (χ3v) is 4.92. The van der Waals surface area contributed by atoms with Gasteiger partial charge in [-0.1, -0.05) is 17.3 Å². The number of benzene rings is 1. The highest BCUT2D eigenvalue weighted by atomic mass is 16.3. The number of nitrogens with zero attached hydrogens (tertiary/aromatic N) is 8. The molecule has 0 amide bonds. The Labute approximate surface area is 171 Å². The molecule has 0 saturated carbocycles. The molecular weight excluding hydrogens is 380 g/mol. The molecule has 5 rings (SSSR count). The van der Waals surface area contributed by atoms with Gasteiger partial charge in [0.25, 0.3) is 0 Å². The molecule has 9 heteroatoms. The first-order chi connectivity index (χ1) is 14.8. The van der Waals surface area contributed by atoms with Crippen LogP contribution < -0.4 is 0 Å². The molecular formula is C21H18N8O. The molecule has 0 atom stereocenters. The van der Waals surface area contributed by atoms with Crippen LogP contribution in [0.3, 0.4) is 0 Å². The van der Waals surface area contributed by atoms with E-state index in [9.17, 15) is 4.91 Å².